The van der Waals surface area contributed by atoms with Crippen LogP contribution in [0.25, 0.3) is 0 Å². The van der Waals surface area contributed by atoms with Crippen LogP contribution in [0.1, 0.15) is 39.5 Å². The number of rotatable bonds is 2. The van der Waals surface area contributed by atoms with Gasteiger partial charge in [-0.25, -0.2) is 9.59 Å². The molecule has 2 saturated heterocycles. The van der Waals surface area contributed by atoms with Crippen LogP contribution in [0.4, 0.5) is 4.79 Å². The first-order chi connectivity index (χ1) is 9.90. The average molecular weight is 298 g/mol. The molecule has 2 aliphatic heterocycles. The van der Waals surface area contributed by atoms with Crippen molar-refractivity contribution >= 4 is 12.0 Å². The van der Waals surface area contributed by atoms with E-state index in [9.17, 15) is 14.7 Å². The van der Waals surface area contributed by atoms with Crippen molar-refractivity contribution < 1.29 is 19.4 Å². The minimum absolute atomic E-state index is 0.0311. The summed E-state index contributed by atoms with van der Waals surface area (Å²) in [6, 6.07) is -0.159. The summed E-state index contributed by atoms with van der Waals surface area (Å²) < 4.78 is 5.44. The molecule has 2 heterocycles. The molecule has 3 atom stereocenters. The number of aliphatic carboxylic acids is 1. The Hall–Kier alpha value is -1.30. The van der Waals surface area contributed by atoms with Gasteiger partial charge in [-0.3, -0.25) is 0 Å². The van der Waals surface area contributed by atoms with Crippen molar-refractivity contribution in [3.63, 3.8) is 0 Å². The summed E-state index contributed by atoms with van der Waals surface area (Å²) in [4.78, 5) is 27.7. The standard InChI is InChI=1S/C15H26N2O4/c1-11-6-9-16(10-12(11)21-3)14(20)17-8-5-4-7-15(17,2)13(18)19/h11-12H,4-10H2,1-3H3,(H,18,19). The highest BCUT2D eigenvalue weighted by molar-refractivity contribution is 5.86. The molecule has 6 heteroatoms. The summed E-state index contributed by atoms with van der Waals surface area (Å²) in [7, 11) is 1.66. The second-order valence-electron chi connectivity index (χ2n) is 6.46. The van der Waals surface area contributed by atoms with E-state index in [0.29, 0.717) is 32.0 Å². The Morgan fingerprint density at radius 2 is 2.00 bits per heavy atom. The number of piperidine rings is 2. The Kier molecular flexibility index (Phi) is 4.76. The Labute approximate surface area is 126 Å². The number of amides is 2. The van der Waals surface area contributed by atoms with Gasteiger partial charge in [0.2, 0.25) is 0 Å². The van der Waals surface area contributed by atoms with Crippen molar-refractivity contribution in [2.45, 2.75) is 51.2 Å². The molecule has 0 radical (unpaired) electrons. The number of carbonyl (C=O) groups is 2. The monoisotopic (exact) mass is 298 g/mol. The fraction of sp³-hybridized carbons (Fsp3) is 0.867. The van der Waals surface area contributed by atoms with E-state index in [4.69, 9.17) is 4.74 Å². The maximum Gasteiger partial charge on any atom is 0.329 e. The second kappa shape index (κ2) is 6.22. The fourth-order valence-electron chi connectivity index (χ4n) is 3.34. The van der Waals surface area contributed by atoms with Gasteiger partial charge < -0.3 is 19.6 Å². The van der Waals surface area contributed by atoms with Gasteiger partial charge in [-0.1, -0.05) is 6.92 Å². The molecule has 0 aromatic heterocycles. The average Bonchev–Trinajstić information content (AvgIpc) is 2.47. The topological polar surface area (TPSA) is 70.1 Å². The molecule has 0 aromatic carbocycles. The second-order valence-corrected chi connectivity index (χ2v) is 6.46. The largest absolute Gasteiger partial charge is 0.480 e. The summed E-state index contributed by atoms with van der Waals surface area (Å²) in [6.07, 6.45) is 3.16. The molecule has 2 amide bonds. The molecule has 3 unspecified atom stereocenters. The van der Waals surface area contributed by atoms with Crippen molar-refractivity contribution in [1.82, 2.24) is 9.80 Å². The third-order valence-corrected chi connectivity index (χ3v) is 5.05. The van der Waals surface area contributed by atoms with Crippen molar-refractivity contribution in [3.05, 3.63) is 0 Å². The molecule has 0 spiro atoms. The van der Waals surface area contributed by atoms with Crippen LogP contribution in [-0.4, -0.2) is 65.3 Å². The molecular weight excluding hydrogens is 272 g/mol. The number of carboxylic acid groups (broad SMARTS) is 1. The number of ether oxygens (including phenoxy) is 1. The lowest BCUT2D eigenvalue weighted by Crippen LogP contribution is -2.62. The third kappa shape index (κ3) is 3.00. The zero-order chi connectivity index (χ0) is 15.6. The van der Waals surface area contributed by atoms with Gasteiger partial charge in [-0.15, -0.1) is 0 Å². The van der Waals surface area contributed by atoms with Crippen LogP contribution in [0.2, 0.25) is 0 Å². The molecule has 6 nitrogen and oxygen atoms in total. The number of hydrogen-bond donors (Lipinski definition) is 1. The Balaban J connectivity index is 2.12. The van der Waals surface area contributed by atoms with Gasteiger partial charge >= 0.3 is 12.0 Å². The normalized spacial score (nSPS) is 33.9. The van der Waals surface area contributed by atoms with Gasteiger partial charge in [0.1, 0.15) is 5.54 Å². The van der Waals surface area contributed by atoms with Gasteiger partial charge in [0.25, 0.3) is 0 Å². The van der Waals surface area contributed by atoms with Crippen LogP contribution in [0.15, 0.2) is 0 Å². The van der Waals surface area contributed by atoms with Crippen LogP contribution < -0.4 is 0 Å². The highest BCUT2D eigenvalue weighted by atomic mass is 16.5. The molecule has 0 aliphatic carbocycles. The quantitative estimate of drug-likeness (QED) is 0.844. The predicted octanol–water partition coefficient (Wildman–Crippen LogP) is 1.79. The van der Waals surface area contributed by atoms with Crippen molar-refractivity contribution in [2.75, 3.05) is 26.7 Å². The Morgan fingerprint density at radius 1 is 1.29 bits per heavy atom. The molecule has 0 saturated carbocycles. The summed E-state index contributed by atoms with van der Waals surface area (Å²) in [6.45, 7) is 5.52. The van der Waals surface area contributed by atoms with Crippen LogP contribution >= 0.6 is 0 Å². The van der Waals surface area contributed by atoms with Crippen LogP contribution in [0.3, 0.4) is 0 Å². The lowest BCUT2D eigenvalue weighted by Gasteiger charge is -2.45. The van der Waals surface area contributed by atoms with Gasteiger partial charge in [-0.05, 0) is 38.5 Å². The van der Waals surface area contributed by atoms with Gasteiger partial charge in [-0.2, -0.15) is 0 Å². The van der Waals surface area contributed by atoms with E-state index in [1.165, 1.54) is 0 Å². The minimum Gasteiger partial charge on any atom is -0.480 e. The van der Waals surface area contributed by atoms with Crippen molar-refractivity contribution in [1.29, 1.82) is 0 Å². The van der Waals surface area contributed by atoms with E-state index in [1.54, 1.807) is 23.8 Å². The maximum atomic E-state index is 12.8. The third-order valence-electron chi connectivity index (χ3n) is 5.05. The number of carbonyl (C=O) groups excluding carboxylic acids is 1. The van der Waals surface area contributed by atoms with Crippen LogP contribution in [-0.2, 0) is 9.53 Å². The summed E-state index contributed by atoms with van der Waals surface area (Å²) in [5.41, 5.74) is -1.08. The van der Waals surface area contributed by atoms with E-state index in [2.05, 4.69) is 6.92 Å². The highest BCUT2D eigenvalue weighted by Crippen LogP contribution is 2.30. The summed E-state index contributed by atoms with van der Waals surface area (Å²) in [5.74, 6) is -0.490. The smallest absolute Gasteiger partial charge is 0.329 e. The molecule has 2 aliphatic rings. The number of hydrogen-bond acceptors (Lipinski definition) is 3. The van der Waals surface area contributed by atoms with E-state index in [1.807, 2.05) is 0 Å². The summed E-state index contributed by atoms with van der Waals surface area (Å²) >= 11 is 0. The maximum absolute atomic E-state index is 12.8. The molecule has 120 valence electrons. The lowest BCUT2D eigenvalue weighted by atomic mass is 9.88. The first kappa shape index (κ1) is 16.1. The minimum atomic E-state index is -1.08. The first-order valence-corrected chi connectivity index (χ1v) is 7.73. The molecule has 1 N–H and O–H groups in total. The van der Waals surface area contributed by atoms with E-state index in [0.717, 1.165) is 19.3 Å². The highest BCUT2D eigenvalue weighted by Gasteiger charge is 2.46. The first-order valence-electron chi connectivity index (χ1n) is 7.73. The van der Waals surface area contributed by atoms with Gasteiger partial charge in [0.05, 0.1) is 6.10 Å². The molecule has 2 rings (SSSR count). The SMILES string of the molecule is COC1CN(C(=O)N2CCCCC2(C)C(=O)O)CCC1C. The lowest BCUT2D eigenvalue weighted by molar-refractivity contribution is -0.151. The number of nitrogens with zero attached hydrogens (tertiary/aromatic N) is 2. The van der Waals surface area contributed by atoms with Gasteiger partial charge in [0.15, 0.2) is 0 Å². The Bertz CT molecular complexity index is 414. The molecule has 21 heavy (non-hydrogen) atoms. The fourth-order valence-corrected chi connectivity index (χ4v) is 3.34. The molecular formula is C15H26N2O4. The molecule has 2 fully saturated rings. The van der Waals surface area contributed by atoms with E-state index >= 15 is 0 Å². The van der Waals surface area contributed by atoms with Gasteiger partial charge in [0, 0.05) is 26.7 Å². The van der Waals surface area contributed by atoms with Crippen LogP contribution in [0.5, 0.6) is 0 Å². The number of likely N-dealkylation sites (tertiary alicyclic amines) is 2. The zero-order valence-electron chi connectivity index (χ0n) is 13.2. The number of carboxylic acids is 1. The van der Waals surface area contributed by atoms with E-state index < -0.39 is 11.5 Å². The van der Waals surface area contributed by atoms with E-state index in [-0.39, 0.29) is 12.1 Å². The van der Waals surface area contributed by atoms with Crippen LogP contribution in [0, 0.1) is 5.92 Å². The Morgan fingerprint density at radius 3 is 2.62 bits per heavy atom. The van der Waals surface area contributed by atoms with Crippen molar-refractivity contribution in [3.8, 4) is 0 Å². The summed E-state index contributed by atoms with van der Waals surface area (Å²) in [5, 5.41) is 9.52. The van der Waals surface area contributed by atoms with Crippen molar-refractivity contribution in [2.24, 2.45) is 5.92 Å². The molecule has 0 bridgehead atoms. The predicted molar refractivity (Wildman–Crippen MR) is 78.1 cm³/mol. The zero-order valence-corrected chi connectivity index (χ0v) is 13.2. The number of methoxy groups -OCH3 is 1. The number of urea groups is 1. The molecule has 0 aromatic rings.